The maximum absolute atomic E-state index is 13.2. The number of pyridine rings is 1. The van der Waals surface area contributed by atoms with Crippen LogP contribution in [-0.2, 0) is 14.6 Å². The summed E-state index contributed by atoms with van der Waals surface area (Å²) in [6.07, 6.45) is 1.32. The van der Waals surface area contributed by atoms with Gasteiger partial charge < -0.3 is 4.74 Å². The second-order valence-electron chi connectivity index (χ2n) is 3.86. The molecule has 0 unspecified atom stereocenters. The van der Waals surface area contributed by atoms with Crippen LogP contribution in [0.3, 0.4) is 0 Å². The highest BCUT2D eigenvalue weighted by molar-refractivity contribution is 7.91. The minimum absolute atomic E-state index is 0.208. The van der Waals surface area contributed by atoms with E-state index in [1.54, 1.807) is 6.07 Å². The van der Waals surface area contributed by atoms with E-state index in [1.807, 2.05) is 0 Å². The van der Waals surface area contributed by atoms with E-state index < -0.39 is 21.6 Å². The maximum atomic E-state index is 13.2. The van der Waals surface area contributed by atoms with Crippen LogP contribution in [0.5, 0.6) is 5.75 Å². The zero-order valence-corrected chi connectivity index (χ0v) is 11.2. The number of esters is 1. The third-order valence-electron chi connectivity index (χ3n) is 2.36. The molecule has 0 aliphatic carbocycles. The van der Waals surface area contributed by atoms with Gasteiger partial charge in [0.2, 0.25) is 9.84 Å². The van der Waals surface area contributed by atoms with Crippen LogP contribution >= 0.6 is 0 Å². The number of halogens is 1. The monoisotopic (exact) mass is 295 g/mol. The smallest absolute Gasteiger partial charge is 0.308 e. The van der Waals surface area contributed by atoms with Crippen LogP contribution < -0.4 is 4.74 Å². The van der Waals surface area contributed by atoms with E-state index in [9.17, 15) is 17.6 Å². The number of benzene rings is 1. The van der Waals surface area contributed by atoms with Gasteiger partial charge in [-0.2, -0.15) is 0 Å². The van der Waals surface area contributed by atoms with Gasteiger partial charge in [0.15, 0.2) is 10.8 Å². The Labute approximate surface area is 115 Å². The summed E-state index contributed by atoms with van der Waals surface area (Å²) in [4.78, 5) is 14.4. The van der Waals surface area contributed by atoms with Gasteiger partial charge in [-0.15, -0.1) is 0 Å². The lowest BCUT2D eigenvalue weighted by Crippen LogP contribution is -2.10. The molecular formula is C13H10FNO4S. The van der Waals surface area contributed by atoms with Crippen molar-refractivity contribution in [1.82, 2.24) is 4.98 Å². The molecule has 0 saturated heterocycles. The van der Waals surface area contributed by atoms with E-state index in [1.165, 1.54) is 18.3 Å². The molecule has 0 atom stereocenters. The second kappa shape index (κ2) is 5.38. The zero-order chi connectivity index (χ0) is 14.8. The summed E-state index contributed by atoms with van der Waals surface area (Å²) < 4.78 is 42.7. The average Bonchev–Trinajstić information content (AvgIpc) is 2.39. The predicted octanol–water partition coefficient (Wildman–Crippen LogP) is 1.98. The Morgan fingerprint density at radius 2 is 2.00 bits per heavy atom. The molecule has 0 aliphatic rings. The van der Waals surface area contributed by atoms with Crippen LogP contribution in [-0.4, -0.2) is 19.4 Å². The van der Waals surface area contributed by atoms with Crippen LogP contribution in [0.4, 0.5) is 4.39 Å². The second-order valence-corrected chi connectivity index (χ2v) is 5.72. The van der Waals surface area contributed by atoms with Crippen molar-refractivity contribution in [2.75, 3.05) is 0 Å². The molecule has 104 valence electrons. The molecule has 7 heteroatoms. The molecule has 5 nitrogen and oxygen atoms in total. The van der Waals surface area contributed by atoms with Crippen LogP contribution in [0.25, 0.3) is 0 Å². The Bertz CT molecular complexity index is 744. The first-order valence-corrected chi connectivity index (χ1v) is 7.03. The molecule has 1 heterocycles. The fraction of sp³-hybridized carbons (Fsp3) is 0.0769. The molecular weight excluding hydrogens is 285 g/mol. The van der Waals surface area contributed by atoms with E-state index >= 15 is 0 Å². The van der Waals surface area contributed by atoms with Gasteiger partial charge in [-0.25, -0.2) is 17.8 Å². The third-order valence-corrected chi connectivity index (χ3v) is 4.07. The molecule has 0 spiro atoms. The van der Waals surface area contributed by atoms with Crippen LogP contribution in [0.2, 0.25) is 0 Å². The normalized spacial score (nSPS) is 11.1. The third kappa shape index (κ3) is 2.83. The van der Waals surface area contributed by atoms with Crippen molar-refractivity contribution in [1.29, 1.82) is 0 Å². The summed E-state index contributed by atoms with van der Waals surface area (Å²) in [5, 5.41) is -0.208. The van der Waals surface area contributed by atoms with Crippen LogP contribution in [0.1, 0.15) is 6.92 Å². The molecule has 20 heavy (non-hydrogen) atoms. The number of carbonyl (C=O) groups excluding carboxylic acids is 1. The maximum Gasteiger partial charge on any atom is 0.308 e. The molecule has 2 rings (SSSR count). The number of ether oxygens (including phenoxy) is 1. The average molecular weight is 295 g/mol. The first-order chi connectivity index (χ1) is 9.41. The number of hydrogen-bond donors (Lipinski definition) is 0. The van der Waals surface area contributed by atoms with E-state index in [0.717, 1.165) is 25.1 Å². The molecule has 0 bridgehead atoms. The molecule has 0 N–H and O–H groups in total. The van der Waals surface area contributed by atoms with Crippen molar-refractivity contribution in [2.24, 2.45) is 0 Å². The SMILES string of the molecule is CC(=O)Oc1cc(F)ccc1S(=O)(=O)c1ccccn1. The van der Waals surface area contributed by atoms with E-state index in [0.29, 0.717) is 0 Å². The Kier molecular flexibility index (Phi) is 3.80. The zero-order valence-electron chi connectivity index (χ0n) is 10.4. The van der Waals surface area contributed by atoms with E-state index in [2.05, 4.69) is 4.98 Å². The first kappa shape index (κ1) is 14.1. The van der Waals surface area contributed by atoms with Crippen molar-refractivity contribution < 1.29 is 22.3 Å². The van der Waals surface area contributed by atoms with Gasteiger partial charge in [0.05, 0.1) is 0 Å². The lowest BCUT2D eigenvalue weighted by molar-refractivity contribution is -0.132. The van der Waals surface area contributed by atoms with E-state index in [4.69, 9.17) is 4.74 Å². The van der Waals surface area contributed by atoms with Gasteiger partial charge in [-0.1, -0.05) is 6.07 Å². The molecule has 1 aromatic carbocycles. The molecule has 0 saturated carbocycles. The Balaban J connectivity index is 2.60. The largest absolute Gasteiger partial charge is 0.425 e. The van der Waals surface area contributed by atoms with Gasteiger partial charge in [-0.05, 0) is 24.3 Å². The minimum atomic E-state index is -3.99. The molecule has 0 amide bonds. The highest BCUT2D eigenvalue weighted by Crippen LogP contribution is 2.29. The fourth-order valence-corrected chi connectivity index (χ4v) is 2.85. The first-order valence-electron chi connectivity index (χ1n) is 5.55. The van der Waals surface area contributed by atoms with Crippen molar-refractivity contribution in [3.8, 4) is 5.75 Å². The predicted molar refractivity (Wildman–Crippen MR) is 67.4 cm³/mol. The van der Waals surface area contributed by atoms with E-state index in [-0.39, 0.29) is 15.7 Å². The molecule has 1 aromatic heterocycles. The lowest BCUT2D eigenvalue weighted by Gasteiger charge is -2.09. The highest BCUT2D eigenvalue weighted by Gasteiger charge is 2.24. The van der Waals surface area contributed by atoms with Crippen molar-refractivity contribution in [3.05, 3.63) is 48.4 Å². The Morgan fingerprint density at radius 3 is 2.60 bits per heavy atom. The summed E-state index contributed by atoms with van der Waals surface area (Å²) >= 11 is 0. The number of rotatable bonds is 3. The summed E-state index contributed by atoms with van der Waals surface area (Å²) in [6.45, 7) is 1.10. The highest BCUT2D eigenvalue weighted by atomic mass is 32.2. The number of aromatic nitrogens is 1. The number of hydrogen-bond acceptors (Lipinski definition) is 5. The standard InChI is InChI=1S/C13H10FNO4S/c1-9(16)19-11-8-10(14)5-6-12(11)20(17,18)13-4-2-3-7-15-13/h2-8H,1H3. The van der Waals surface area contributed by atoms with Crippen LogP contribution in [0, 0.1) is 5.82 Å². The van der Waals surface area contributed by atoms with Gasteiger partial charge in [0, 0.05) is 19.2 Å². The van der Waals surface area contributed by atoms with Gasteiger partial charge in [0.25, 0.3) is 0 Å². The summed E-state index contributed by atoms with van der Waals surface area (Å²) in [5.41, 5.74) is 0. The fourth-order valence-electron chi connectivity index (χ4n) is 1.56. The quantitative estimate of drug-likeness (QED) is 0.492. The molecule has 0 fully saturated rings. The summed E-state index contributed by atoms with van der Waals surface area (Å²) in [7, 11) is -3.99. The van der Waals surface area contributed by atoms with Crippen molar-refractivity contribution in [3.63, 3.8) is 0 Å². The molecule has 2 aromatic rings. The molecule has 0 aliphatic heterocycles. The minimum Gasteiger partial charge on any atom is -0.425 e. The van der Waals surface area contributed by atoms with Crippen molar-refractivity contribution in [2.45, 2.75) is 16.8 Å². The Hall–Kier alpha value is -2.28. The van der Waals surface area contributed by atoms with Crippen LogP contribution in [0.15, 0.2) is 52.5 Å². The number of nitrogens with zero attached hydrogens (tertiary/aromatic N) is 1. The Morgan fingerprint density at radius 1 is 1.25 bits per heavy atom. The van der Waals surface area contributed by atoms with Gasteiger partial charge in [0.1, 0.15) is 10.7 Å². The summed E-state index contributed by atoms with van der Waals surface area (Å²) in [5.74, 6) is -1.81. The number of carbonyl (C=O) groups is 1. The summed E-state index contributed by atoms with van der Waals surface area (Å²) in [6, 6.07) is 7.24. The molecule has 0 radical (unpaired) electrons. The topological polar surface area (TPSA) is 73.3 Å². The number of sulfone groups is 1. The lowest BCUT2D eigenvalue weighted by atomic mass is 10.3. The van der Waals surface area contributed by atoms with Crippen molar-refractivity contribution >= 4 is 15.8 Å². The van der Waals surface area contributed by atoms with Gasteiger partial charge in [-0.3, -0.25) is 4.79 Å². The van der Waals surface area contributed by atoms with Gasteiger partial charge >= 0.3 is 5.97 Å².